The Morgan fingerprint density at radius 2 is 1.76 bits per heavy atom. The van der Waals surface area contributed by atoms with E-state index >= 15 is 0 Å². The molecule has 4 aromatic rings. The van der Waals surface area contributed by atoms with Gasteiger partial charge < -0.3 is 24.3 Å². The number of amides is 1. The van der Waals surface area contributed by atoms with E-state index in [-0.39, 0.29) is 18.9 Å². The summed E-state index contributed by atoms with van der Waals surface area (Å²) in [5.74, 6) is 1.14. The second-order valence-corrected chi connectivity index (χ2v) is 10.3. The van der Waals surface area contributed by atoms with Gasteiger partial charge in [-0.15, -0.1) is 0 Å². The smallest absolute Gasteiger partial charge is 0.497 e. The topological polar surface area (TPSA) is 98.0 Å². The Morgan fingerprint density at radius 1 is 0.976 bits per heavy atom. The summed E-state index contributed by atoms with van der Waals surface area (Å²) in [5.41, 5.74) is 4.60. The average Bonchev–Trinajstić information content (AvgIpc) is 3.45. The van der Waals surface area contributed by atoms with E-state index in [2.05, 4.69) is 5.32 Å². The number of furan rings is 1. The molecule has 41 heavy (non-hydrogen) atoms. The molecule has 2 unspecified atom stereocenters. The fraction of sp³-hybridized carbons (Fsp3) is 0.250. The van der Waals surface area contributed by atoms with Gasteiger partial charge in [-0.05, 0) is 84.0 Å². The summed E-state index contributed by atoms with van der Waals surface area (Å²) in [6.07, 6.45) is 1.70. The van der Waals surface area contributed by atoms with Gasteiger partial charge >= 0.3 is 24.8 Å². The van der Waals surface area contributed by atoms with Crippen molar-refractivity contribution >= 4 is 23.6 Å². The first-order valence-corrected chi connectivity index (χ1v) is 14.2. The number of thioether (sulfide) groups is 1. The standard InChI is InChI=1S/C32H33NO6S.Li/c1-20-8-5-6-11-24(20)26-19-22(12-13-25(26)31(34)33-27(32(35)36)16-17-40-4)30(38-3)29-15-14-28(39-29)21-9-7-10-23(18-21)37-2;/h5-15,18-19,27,30H,16-17H2,1-4H3,(H,33,34)(H,35,36);/q;+1. The van der Waals surface area contributed by atoms with Gasteiger partial charge in [0, 0.05) is 18.2 Å². The summed E-state index contributed by atoms with van der Waals surface area (Å²) in [6, 6.07) is 23.6. The molecule has 0 saturated heterocycles. The summed E-state index contributed by atoms with van der Waals surface area (Å²) in [4.78, 5) is 25.2. The molecule has 2 atom stereocenters. The first kappa shape index (κ1) is 32.1. The molecule has 9 heteroatoms. The minimum absolute atomic E-state index is 0. The fourth-order valence-electron chi connectivity index (χ4n) is 4.59. The maximum atomic E-state index is 13.4. The van der Waals surface area contributed by atoms with Crippen LogP contribution in [0.25, 0.3) is 22.5 Å². The SMILES string of the molecule is COc1cccc(-c2ccc(C(OC)c3ccc(C(=O)NC(CCSC)C(=O)O)c(-c4ccccc4C)c3)o2)c1.[Li+]. The molecule has 0 aliphatic heterocycles. The van der Waals surface area contributed by atoms with E-state index in [1.807, 2.05) is 86.0 Å². The second kappa shape index (κ2) is 15.0. The Morgan fingerprint density at radius 3 is 2.44 bits per heavy atom. The van der Waals surface area contributed by atoms with E-state index in [9.17, 15) is 14.7 Å². The molecule has 0 aliphatic carbocycles. The normalized spacial score (nSPS) is 12.2. The number of rotatable bonds is 12. The minimum atomic E-state index is -1.06. The average molecular weight is 567 g/mol. The van der Waals surface area contributed by atoms with Gasteiger partial charge in [0.15, 0.2) is 0 Å². The molecule has 1 aromatic heterocycles. The zero-order valence-electron chi connectivity index (χ0n) is 24.0. The number of nitrogens with one attached hydrogen (secondary N) is 1. The van der Waals surface area contributed by atoms with Crippen LogP contribution in [0.1, 0.15) is 39.8 Å². The van der Waals surface area contributed by atoms with Gasteiger partial charge in [0.2, 0.25) is 0 Å². The number of carboxylic acids is 1. The van der Waals surface area contributed by atoms with Crippen LogP contribution < -0.4 is 28.9 Å². The van der Waals surface area contributed by atoms with E-state index in [1.54, 1.807) is 20.3 Å². The molecule has 0 bridgehead atoms. The van der Waals surface area contributed by atoms with Crippen molar-refractivity contribution in [2.24, 2.45) is 0 Å². The molecule has 0 aliphatic rings. The summed E-state index contributed by atoms with van der Waals surface area (Å²) in [5, 5.41) is 12.4. The van der Waals surface area contributed by atoms with Crippen LogP contribution in [-0.4, -0.2) is 49.3 Å². The van der Waals surface area contributed by atoms with Crippen LogP contribution in [0.4, 0.5) is 0 Å². The third-order valence-electron chi connectivity index (χ3n) is 6.72. The molecule has 0 saturated carbocycles. The van der Waals surface area contributed by atoms with Crippen molar-refractivity contribution in [3.63, 3.8) is 0 Å². The minimum Gasteiger partial charge on any atom is -0.497 e. The molecule has 4 rings (SSSR count). The van der Waals surface area contributed by atoms with E-state index < -0.39 is 24.0 Å². The summed E-state index contributed by atoms with van der Waals surface area (Å²) in [7, 11) is 3.23. The maximum absolute atomic E-state index is 13.4. The zero-order valence-corrected chi connectivity index (χ0v) is 24.8. The molecule has 3 aromatic carbocycles. The number of carboxylic acid groups (broad SMARTS) is 1. The molecule has 2 N–H and O–H groups in total. The van der Waals surface area contributed by atoms with E-state index in [1.165, 1.54) is 11.8 Å². The van der Waals surface area contributed by atoms with Crippen molar-refractivity contribution in [3.05, 3.63) is 101 Å². The number of hydrogen-bond donors (Lipinski definition) is 2. The number of aliphatic carboxylic acids is 1. The Labute approximate surface area is 256 Å². The van der Waals surface area contributed by atoms with Crippen molar-refractivity contribution in [2.45, 2.75) is 25.5 Å². The van der Waals surface area contributed by atoms with Gasteiger partial charge in [-0.25, -0.2) is 4.79 Å². The molecular formula is C32H33LiNO6S+. The molecule has 0 spiro atoms. The Hall–Kier alpha value is -3.41. The molecule has 1 heterocycles. The Kier molecular flexibility index (Phi) is 11.7. The van der Waals surface area contributed by atoms with Crippen molar-refractivity contribution < 1.29 is 47.4 Å². The predicted octanol–water partition coefficient (Wildman–Crippen LogP) is 3.61. The summed E-state index contributed by atoms with van der Waals surface area (Å²) in [6.45, 7) is 1.98. The van der Waals surface area contributed by atoms with E-state index in [0.29, 0.717) is 34.8 Å². The first-order valence-electron chi connectivity index (χ1n) is 12.9. The Bertz CT molecular complexity index is 1490. The van der Waals surface area contributed by atoms with Crippen molar-refractivity contribution in [3.8, 4) is 28.2 Å². The van der Waals surface area contributed by atoms with Gasteiger partial charge in [-0.1, -0.05) is 42.5 Å². The van der Waals surface area contributed by atoms with Crippen LogP contribution in [0.5, 0.6) is 5.75 Å². The van der Waals surface area contributed by atoms with Gasteiger partial charge in [0.1, 0.15) is 29.4 Å². The van der Waals surface area contributed by atoms with Gasteiger partial charge in [0.25, 0.3) is 5.91 Å². The molecule has 1 amide bonds. The van der Waals surface area contributed by atoms with E-state index in [0.717, 1.165) is 28.0 Å². The first-order chi connectivity index (χ1) is 19.4. The second-order valence-electron chi connectivity index (χ2n) is 9.32. The number of ether oxygens (including phenoxy) is 2. The third kappa shape index (κ3) is 7.66. The summed E-state index contributed by atoms with van der Waals surface area (Å²) < 4.78 is 17.4. The Balaban J connectivity index is 0.00000462. The number of carbonyl (C=O) groups is 2. The molecule has 208 valence electrons. The fourth-order valence-corrected chi connectivity index (χ4v) is 5.06. The van der Waals surface area contributed by atoms with Crippen LogP contribution >= 0.6 is 11.8 Å². The van der Waals surface area contributed by atoms with Crippen LogP contribution in [0.3, 0.4) is 0 Å². The van der Waals surface area contributed by atoms with Gasteiger partial charge in [-0.3, -0.25) is 4.79 Å². The largest absolute Gasteiger partial charge is 1.00 e. The quantitative estimate of drug-likeness (QED) is 0.253. The van der Waals surface area contributed by atoms with Gasteiger partial charge in [-0.2, -0.15) is 11.8 Å². The zero-order chi connectivity index (χ0) is 28.6. The molecule has 7 nitrogen and oxygen atoms in total. The molecular weight excluding hydrogens is 533 g/mol. The van der Waals surface area contributed by atoms with Crippen LogP contribution in [0, 0.1) is 6.92 Å². The monoisotopic (exact) mass is 566 g/mol. The van der Waals surface area contributed by atoms with E-state index in [4.69, 9.17) is 13.9 Å². The third-order valence-corrected chi connectivity index (χ3v) is 7.36. The van der Waals surface area contributed by atoms with Crippen LogP contribution in [0.2, 0.25) is 0 Å². The molecule has 0 fully saturated rings. The number of methoxy groups -OCH3 is 2. The number of hydrogen-bond acceptors (Lipinski definition) is 6. The predicted molar refractivity (Wildman–Crippen MR) is 158 cm³/mol. The number of aryl methyl sites for hydroxylation is 1. The number of benzene rings is 3. The molecule has 0 radical (unpaired) electrons. The van der Waals surface area contributed by atoms with Crippen molar-refractivity contribution in [1.82, 2.24) is 5.32 Å². The van der Waals surface area contributed by atoms with Crippen LogP contribution in [-0.2, 0) is 9.53 Å². The van der Waals surface area contributed by atoms with Crippen LogP contribution in [0.15, 0.2) is 83.3 Å². The van der Waals surface area contributed by atoms with Crippen molar-refractivity contribution in [2.75, 3.05) is 26.2 Å². The summed E-state index contributed by atoms with van der Waals surface area (Å²) >= 11 is 1.54. The van der Waals surface area contributed by atoms with Gasteiger partial charge in [0.05, 0.1) is 7.11 Å². The van der Waals surface area contributed by atoms with Crippen molar-refractivity contribution in [1.29, 1.82) is 0 Å². The maximum Gasteiger partial charge on any atom is 1.00 e. The number of carbonyl (C=O) groups excluding carboxylic acids is 1.